The Morgan fingerprint density at radius 2 is 1.75 bits per heavy atom. The number of piperazine rings is 1. The minimum Gasteiger partial charge on any atom is -0.493 e. The quantitative estimate of drug-likeness (QED) is 0.0543. The third-order valence-corrected chi connectivity index (χ3v) is 11.5. The summed E-state index contributed by atoms with van der Waals surface area (Å²) in [7, 11) is -4.45. The maximum absolute atomic E-state index is 13.1. The number of thioether (sulfide) groups is 1. The number of ether oxygens (including phenoxy) is 1. The van der Waals surface area contributed by atoms with E-state index in [-0.39, 0.29) is 11.4 Å². The molecule has 0 spiro atoms. The zero-order valence-corrected chi connectivity index (χ0v) is 30.8. The molecule has 0 atom stereocenters. The molecule has 0 saturated carbocycles. The van der Waals surface area contributed by atoms with Gasteiger partial charge in [-0.2, -0.15) is 0 Å². The molecule has 1 saturated heterocycles. The Balaban J connectivity index is 1.00. The van der Waals surface area contributed by atoms with Gasteiger partial charge in [0.15, 0.2) is 11.5 Å². The second kappa shape index (κ2) is 17.0. The zero-order chi connectivity index (χ0) is 36.5. The number of hydrogen-bond donors (Lipinski definition) is 2. The lowest BCUT2D eigenvalue weighted by atomic mass is 10.1. The van der Waals surface area contributed by atoms with E-state index in [9.17, 15) is 23.3 Å². The maximum Gasteiger partial charge on any atom is 0.293 e. The number of benzene rings is 3. The molecule has 1 fully saturated rings. The van der Waals surface area contributed by atoms with Crippen molar-refractivity contribution in [1.29, 1.82) is 0 Å². The topological polar surface area (TPSA) is 160 Å². The van der Waals surface area contributed by atoms with Gasteiger partial charge in [-0.3, -0.25) is 19.8 Å². The molecule has 0 bridgehead atoms. The third kappa shape index (κ3) is 9.25. The first kappa shape index (κ1) is 36.8. The number of rotatable bonds is 15. The number of thiophene rings is 1. The number of anilines is 2. The largest absolute Gasteiger partial charge is 0.493 e. The highest BCUT2D eigenvalue weighted by Gasteiger charge is 2.25. The molecule has 270 valence electrons. The number of carbonyl (C=O) groups is 1. The van der Waals surface area contributed by atoms with Crippen LogP contribution in [0, 0.1) is 10.1 Å². The highest BCUT2D eigenvalue weighted by atomic mass is 32.2. The highest BCUT2D eigenvalue weighted by molar-refractivity contribution is 7.99. The van der Waals surface area contributed by atoms with Gasteiger partial charge in [0, 0.05) is 66.4 Å². The molecule has 0 unspecified atom stereocenters. The molecule has 3 heterocycles. The molecule has 13 nitrogen and oxygen atoms in total. The number of nitro benzene ring substituents is 1. The zero-order valence-electron chi connectivity index (χ0n) is 28.3. The molecule has 1 aliphatic rings. The van der Waals surface area contributed by atoms with Crippen LogP contribution in [0.5, 0.6) is 5.75 Å². The molecular weight excluding hydrogens is 723 g/mol. The van der Waals surface area contributed by atoms with E-state index in [1.165, 1.54) is 23.1 Å². The van der Waals surface area contributed by atoms with Crippen LogP contribution < -0.4 is 19.7 Å². The summed E-state index contributed by atoms with van der Waals surface area (Å²) in [5, 5.41) is 25.1. The summed E-state index contributed by atoms with van der Waals surface area (Å²) in [6.07, 6.45) is 0. The van der Waals surface area contributed by atoms with Gasteiger partial charge in [0.25, 0.3) is 21.6 Å². The number of nitro groups is 1. The van der Waals surface area contributed by atoms with Crippen molar-refractivity contribution in [1.82, 2.24) is 19.8 Å². The number of carbonyl (C=O) groups excluding carboxylic acids is 1. The summed E-state index contributed by atoms with van der Waals surface area (Å²) in [4.78, 5) is 30.4. The van der Waals surface area contributed by atoms with Gasteiger partial charge in [0.1, 0.15) is 11.4 Å². The van der Waals surface area contributed by atoms with E-state index >= 15 is 0 Å². The van der Waals surface area contributed by atoms with E-state index in [1.807, 2.05) is 60.2 Å². The van der Waals surface area contributed by atoms with Crippen LogP contribution in [0.15, 0.2) is 106 Å². The standard InChI is InChI=1S/C36H37N7O6S3/c1-2-49-34-11-7-6-10-30(34)26-22-28(51-25-26)24-41-17-19-42(20-18-41)35-15-14-32(38-39-35)36(44)40-52(47,48)29-12-13-31(33(23-29)43(45)46)37-16-21-50-27-8-4-3-5-9-27/h3-15,22-23,25,37H,2,16-21,24H2,1H3,(H,40,44). The first-order valence-electron chi connectivity index (χ1n) is 16.6. The van der Waals surface area contributed by atoms with E-state index < -0.39 is 31.4 Å². The van der Waals surface area contributed by atoms with Crippen molar-refractivity contribution < 1.29 is 22.9 Å². The molecule has 3 aromatic carbocycles. The minimum atomic E-state index is -4.45. The SMILES string of the molecule is CCOc1ccccc1-c1csc(CN2CCN(c3ccc(C(=O)NS(=O)(=O)c4ccc(NCCSc5ccccc5)c([N+](=O)[O-])c4)nn3)CC2)c1. The van der Waals surface area contributed by atoms with E-state index in [1.54, 1.807) is 29.2 Å². The number of nitrogens with zero attached hydrogens (tertiary/aromatic N) is 5. The first-order chi connectivity index (χ1) is 25.2. The summed E-state index contributed by atoms with van der Waals surface area (Å²) >= 11 is 3.31. The van der Waals surface area contributed by atoms with Crippen molar-refractivity contribution in [3.8, 4) is 16.9 Å². The summed E-state index contributed by atoms with van der Waals surface area (Å²) in [5.41, 5.74) is 1.78. The second-order valence-corrected chi connectivity index (χ2v) is 15.6. The van der Waals surface area contributed by atoms with Crippen LogP contribution in [0.4, 0.5) is 17.2 Å². The van der Waals surface area contributed by atoms with Crippen LogP contribution in [-0.4, -0.2) is 79.4 Å². The average Bonchev–Trinajstić information content (AvgIpc) is 3.62. The molecule has 1 aliphatic heterocycles. The first-order valence-corrected chi connectivity index (χ1v) is 19.9. The maximum atomic E-state index is 13.1. The predicted molar refractivity (Wildman–Crippen MR) is 204 cm³/mol. The van der Waals surface area contributed by atoms with E-state index in [0.717, 1.165) is 47.5 Å². The Morgan fingerprint density at radius 1 is 0.981 bits per heavy atom. The Hall–Kier alpha value is -5.03. The van der Waals surface area contributed by atoms with Crippen LogP contribution in [0.25, 0.3) is 11.1 Å². The molecule has 5 aromatic rings. The van der Waals surface area contributed by atoms with Gasteiger partial charge in [0.05, 0.1) is 16.4 Å². The summed E-state index contributed by atoms with van der Waals surface area (Å²) in [6, 6.07) is 26.5. The molecular formula is C36H37N7O6S3. The summed E-state index contributed by atoms with van der Waals surface area (Å²) in [6.45, 7) is 6.84. The normalized spacial score (nSPS) is 13.4. The molecule has 2 aromatic heterocycles. The van der Waals surface area contributed by atoms with Crippen molar-refractivity contribution >= 4 is 56.2 Å². The number of amides is 1. The molecule has 0 radical (unpaired) electrons. The average molecular weight is 760 g/mol. The fourth-order valence-electron chi connectivity index (χ4n) is 5.65. The summed E-state index contributed by atoms with van der Waals surface area (Å²) in [5.74, 6) is 1.09. The third-order valence-electron chi connectivity index (χ3n) is 8.24. The van der Waals surface area contributed by atoms with E-state index in [4.69, 9.17) is 4.74 Å². The smallest absolute Gasteiger partial charge is 0.293 e. The number of sulfonamides is 1. The van der Waals surface area contributed by atoms with Gasteiger partial charge >= 0.3 is 0 Å². The Bertz CT molecular complexity index is 2110. The minimum absolute atomic E-state index is 0.173. The van der Waals surface area contributed by atoms with E-state index in [0.29, 0.717) is 37.8 Å². The van der Waals surface area contributed by atoms with Crippen LogP contribution in [0.3, 0.4) is 0 Å². The fourth-order valence-corrected chi connectivity index (χ4v) is 8.34. The molecule has 16 heteroatoms. The monoisotopic (exact) mass is 759 g/mol. The van der Waals surface area contributed by atoms with Crippen molar-refractivity contribution in [2.45, 2.75) is 23.3 Å². The number of nitrogens with one attached hydrogen (secondary N) is 2. The Kier molecular flexibility index (Phi) is 12.0. The van der Waals surface area contributed by atoms with Gasteiger partial charge in [-0.25, -0.2) is 13.1 Å². The number of aromatic nitrogens is 2. The molecule has 1 amide bonds. The van der Waals surface area contributed by atoms with Crippen LogP contribution in [0.1, 0.15) is 22.3 Å². The lowest BCUT2D eigenvalue weighted by Gasteiger charge is -2.34. The van der Waals surface area contributed by atoms with Gasteiger partial charge < -0.3 is 15.0 Å². The Labute approximate surface area is 310 Å². The van der Waals surface area contributed by atoms with Crippen molar-refractivity contribution in [2.75, 3.05) is 55.3 Å². The lowest BCUT2D eigenvalue weighted by Crippen LogP contribution is -2.46. The molecule has 6 rings (SSSR count). The van der Waals surface area contributed by atoms with Gasteiger partial charge in [-0.05, 0) is 66.4 Å². The van der Waals surface area contributed by atoms with E-state index in [2.05, 4.69) is 42.8 Å². The number of para-hydroxylation sites is 1. The second-order valence-electron chi connectivity index (χ2n) is 11.7. The Morgan fingerprint density at radius 3 is 2.48 bits per heavy atom. The predicted octanol–water partition coefficient (Wildman–Crippen LogP) is 6.16. The summed E-state index contributed by atoms with van der Waals surface area (Å²) < 4.78 is 33.9. The van der Waals surface area contributed by atoms with Gasteiger partial charge in [0.2, 0.25) is 0 Å². The van der Waals surface area contributed by atoms with Crippen LogP contribution >= 0.6 is 23.1 Å². The van der Waals surface area contributed by atoms with Gasteiger partial charge in [-0.1, -0.05) is 36.4 Å². The van der Waals surface area contributed by atoms with Crippen LogP contribution in [-0.2, 0) is 16.6 Å². The molecule has 52 heavy (non-hydrogen) atoms. The highest BCUT2D eigenvalue weighted by Crippen LogP contribution is 2.34. The van der Waals surface area contributed by atoms with Crippen molar-refractivity contribution in [2.24, 2.45) is 0 Å². The number of hydrogen-bond acceptors (Lipinski definition) is 13. The van der Waals surface area contributed by atoms with Crippen LogP contribution in [0.2, 0.25) is 0 Å². The molecule has 2 N–H and O–H groups in total. The van der Waals surface area contributed by atoms with Crippen molar-refractivity contribution in [3.05, 3.63) is 117 Å². The fraction of sp³-hybridized carbons (Fsp3) is 0.250. The van der Waals surface area contributed by atoms with Crippen molar-refractivity contribution in [3.63, 3.8) is 0 Å². The molecule has 0 aliphatic carbocycles. The lowest BCUT2D eigenvalue weighted by molar-refractivity contribution is -0.384. The van der Waals surface area contributed by atoms with Gasteiger partial charge in [-0.15, -0.1) is 33.3 Å².